The fraction of sp³-hybridized carbons (Fsp3) is 0. The number of carbonyl (C=O) groups excluding carboxylic acids is 1. The van der Waals surface area contributed by atoms with Crippen molar-refractivity contribution in [3.8, 4) is 0 Å². The van der Waals surface area contributed by atoms with Gasteiger partial charge in [-0.15, -0.1) is 0 Å². The van der Waals surface area contributed by atoms with Crippen molar-refractivity contribution in [2.45, 2.75) is 0 Å². The molecule has 0 radical (unpaired) electrons. The van der Waals surface area contributed by atoms with Crippen LogP contribution < -0.4 is 0 Å². The summed E-state index contributed by atoms with van der Waals surface area (Å²) in [6.07, 6.45) is 0. The molecule has 0 aliphatic rings. The van der Waals surface area contributed by atoms with Gasteiger partial charge in [-0.3, -0.25) is 4.79 Å². The van der Waals surface area contributed by atoms with Gasteiger partial charge in [-0.2, -0.15) is 0 Å². The molecule has 0 fully saturated rings. The summed E-state index contributed by atoms with van der Waals surface area (Å²) in [6.45, 7) is 0. The van der Waals surface area contributed by atoms with Gasteiger partial charge in [0, 0.05) is 0 Å². The van der Waals surface area contributed by atoms with Crippen molar-refractivity contribution < 1.29 is 13.6 Å². The highest BCUT2D eigenvalue weighted by Gasteiger charge is 2.18. The number of hydrogen-bond acceptors (Lipinski definition) is 1. The molecule has 0 heterocycles. The Hall–Kier alpha value is -0.0000000000000000555. The Balaban J connectivity index is 3.50. The molecular weight excluding hydrogens is 333 g/mol. The average molecular weight is 334 g/mol. The van der Waals surface area contributed by atoms with E-state index in [0.29, 0.717) is 0 Å². The Morgan fingerprint density at radius 2 is 1.85 bits per heavy atom. The molecule has 0 bridgehead atoms. The number of carbonyl (C=O) groups is 1. The Bertz CT molecular complexity index is 381. The molecule has 1 rings (SSSR count). The predicted octanol–water partition coefficient (Wildman–Crippen LogP) is 3.87. The van der Waals surface area contributed by atoms with E-state index < -0.39 is 22.4 Å². The van der Waals surface area contributed by atoms with Crippen LogP contribution in [0.2, 0.25) is 0 Å². The van der Waals surface area contributed by atoms with Crippen LogP contribution in [-0.4, -0.2) is 5.24 Å². The SMILES string of the molecule is O=C(Cl)c1cc(F)c(Br)c(Br)c1F. The molecule has 1 aromatic carbocycles. The van der Waals surface area contributed by atoms with Gasteiger partial charge in [-0.1, -0.05) is 0 Å². The number of benzene rings is 1. The van der Waals surface area contributed by atoms with Crippen LogP contribution in [-0.2, 0) is 0 Å². The molecule has 1 aromatic rings. The second-order valence-electron chi connectivity index (χ2n) is 2.12. The molecule has 0 aliphatic carbocycles. The third-order valence-corrected chi connectivity index (χ3v) is 3.57. The number of halogens is 5. The maximum Gasteiger partial charge on any atom is 0.255 e. The summed E-state index contributed by atoms with van der Waals surface area (Å²) in [6, 6.07) is 0.736. The van der Waals surface area contributed by atoms with Gasteiger partial charge < -0.3 is 0 Å². The highest BCUT2D eigenvalue weighted by molar-refractivity contribution is 9.13. The quantitative estimate of drug-likeness (QED) is 0.433. The van der Waals surface area contributed by atoms with Gasteiger partial charge in [0.2, 0.25) is 0 Å². The second kappa shape index (κ2) is 4.02. The van der Waals surface area contributed by atoms with Gasteiger partial charge in [0.05, 0.1) is 14.5 Å². The molecule has 0 aliphatic heterocycles. The van der Waals surface area contributed by atoms with E-state index >= 15 is 0 Å². The predicted molar refractivity (Wildman–Crippen MR) is 51.9 cm³/mol. The van der Waals surface area contributed by atoms with Crippen molar-refractivity contribution in [2.24, 2.45) is 0 Å². The summed E-state index contributed by atoms with van der Waals surface area (Å²) in [5.41, 5.74) is -0.491. The van der Waals surface area contributed by atoms with E-state index in [1.54, 1.807) is 0 Å². The van der Waals surface area contributed by atoms with Crippen molar-refractivity contribution in [3.63, 3.8) is 0 Å². The van der Waals surface area contributed by atoms with Gasteiger partial charge in [0.25, 0.3) is 5.24 Å². The highest BCUT2D eigenvalue weighted by atomic mass is 79.9. The molecule has 0 aromatic heterocycles. The lowest BCUT2D eigenvalue weighted by molar-refractivity contribution is 0.107. The van der Waals surface area contributed by atoms with E-state index in [0.717, 1.165) is 6.07 Å². The molecule has 0 N–H and O–H groups in total. The van der Waals surface area contributed by atoms with Gasteiger partial charge in [-0.05, 0) is 49.5 Å². The number of rotatable bonds is 1. The molecule has 0 amide bonds. The molecule has 70 valence electrons. The normalized spacial score (nSPS) is 10.2. The molecule has 6 heteroatoms. The number of hydrogen-bond donors (Lipinski definition) is 0. The second-order valence-corrected chi connectivity index (χ2v) is 4.05. The van der Waals surface area contributed by atoms with Crippen LogP contribution in [0.5, 0.6) is 0 Å². The molecule has 0 atom stereocenters. The summed E-state index contributed by atoms with van der Waals surface area (Å²) in [4.78, 5) is 10.6. The van der Waals surface area contributed by atoms with Crippen LogP contribution >= 0.6 is 43.5 Å². The van der Waals surface area contributed by atoms with Crippen LogP contribution in [0.1, 0.15) is 10.4 Å². The standard InChI is InChI=1S/C7HBr2ClF2O/c8-4-3(11)1-2(7(10)13)6(12)5(4)9/h1H. The molecule has 1 nitrogen and oxygen atoms in total. The van der Waals surface area contributed by atoms with Crippen molar-refractivity contribution in [1.29, 1.82) is 0 Å². The third-order valence-electron chi connectivity index (χ3n) is 1.31. The topological polar surface area (TPSA) is 17.1 Å². The van der Waals surface area contributed by atoms with Gasteiger partial charge in [-0.25, -0.2) is 8.78 Å². The van der Waals surface area contributed by atoms with E-state index in [2.05, 4.69) is 31.9 Å². The first-order valence-electron chi connectivity index (χ1n) is 2.98. The summed E-state index contributed by atoms with van der Waals surface area (Å²) in [5, 5.41) is -1.04. The highest BCUT2D eigenvalue weighted by Crippen LogP contribution is 2.31. The zero-order valence-corrected chi connectivity index (χ0v) is 9.80. The molecule has 13 heavy (non-hydrogen) atoms. The van der Waals surface area contributed by atoms with Crippen LogP contribution in [0.25, 0.3) is 0 Å². The lowest BCUT2D eigenvalue weighted by Crippen LogP contribution is -1.98. The molecule has 0 saturated heterocycles. The lowest BCUT2D eigenvalue weighted by Gasteiger charge is -2.03. The van der Waals surface area contributed by atoms with Crippen LogP contribution in [0, 0.1) is 11.6 Å². The van der Waals surface area contributed by atoms with Crippen molar-refractivity contribution >= 4 is 48.7 Å². The van der Waals surface area contributed by atoms with Gasteiger partial charge in [0.1, 0.15) is 5.82 Å². The molecule has 0 saturated carbocycles. The van der Waals surface area contributed by atoms with E-state index in [4.69, 9.17) is 11.6 Å². The van der Waals surface area contributed by atoms with E-state index in [-0.39, 0.29) is 8.95 Å². The zero-order chi connectivity index (χ0) is 10.2. The molecule has 0 unspecified atom stereocenters. The van der Waals surface area contributed by atoms with Crippen LogP contribution in [0.3, 0.4) is 0 Å². The monoisotopic (exact) mass is 332 g/mol. The Morgan fingerprint density at radius 3 is 2.31 bits per heavy atom. The van der Waals surface area contributed by atoms with E-state index in [9.17, 15) is 13.6 Å². The lowest BCUT2D eigenvalue weighted by atomic mass is 10.2. The minimum Gasteiger partial charge on any atom is -0.275 e. The molecule has 0 spiro atoms. The average Bonchev–Trinajstić information content (AvgIpc) is 2.07. The van der Waals surface area contributed by atoms with E-state index in [1.165, 1.54) is 0 Å². The maximum atomic E-state index is 13.1. The summed E-state index contributed by atoms with van der Waals surface area (Å²) in [5.74, 6) is -1.63. The zero-order valence-electron chi connectivity index (χ0n) is 5.88. The van der Waals surface area contributed by atoms with Gasteiger partial charge in [0.15, 0.2) is 5.82 Å². The first kappa shape index (κ1) is 11.1. The van der Waals surface area contributed by atoms with Crippen molar-refractivity contribution in [1.82, 2.24) is 0 Å². The van der Waals surface area contributed by atoms with Gasteiger partial charge >= 0.3 is 0 Å². The Kier molecular flexibility index (Phi) is 3.43. The Labute approximate surface area is 94.3 Å². The largest absolute Gasteiger partial charge is 0.275 e. The first-order chi connectivity index (χ1) is 5.95. The third kappa shape index (κ3) is 2.08. The Morgan fingerprint density at radius 1 is 1.31 bits per heavy atom. The summed E-state index contributed by atoms with van der Waals surface area (Å²) >= 11 is 10.6. The minimum absolute atomic E-state index is 0.0772. The first-order valence-corrected chi connectivity index (χ1v) is 4.94. The summed E-state index contributed by atoms with van der Waals surface area (Å²) in [7, 11) is 0. The van der Waals surface area contributed by atoms with Crippen molar-refractivity contribution in [2.75, 3.05) is 0 Å². The van der Waals surface area contributed by atoms with Crippen molar-refractivity contribution in [3.05, 3.63) is 32.2 Å². The molecular formula is C7HBr2ClF2O. The smallest absolute Gasteiger partial charge is 0.255 e. The summed E-state index contributed by atoms with van der Waals surface area (Å²) < 4.78 is 25.8. The van der Waals surface area contributed by atoms with E-state index in [1.807, 2.05) is 0 Å². The minimum atomic E-state index is -1.04. The van der Waals surface area contributed by atoms with Crippen LogP contribution in [0.15, 0.2) is 15.0 Å². The maximum absolute atomic E-state index is 13.1. The fourth-order valence-corrected chi connectivity index (χ4v) is 1.54. The fourth-order valence-electron chi connectivity index (χ4n) is 0.716. The van der Waals surface area contributed by atoms with Crippen LogP contribution in [0.4, 0.5) is 8.78 Å².